The second-order valence-electron chi connectivity index (χ2n) is 9.26. The summed E-state index contributed by atoms with van der Waals surface area (Å²) in [7, 11) is -3.83. The molecule has 0 bridgehead atoms. The van der Waals surface area contributed by atoms with Gasteiger partial charge in [-0.25, -0.2) is 13.1 Å². The van der Waals surface area contributed by atoms with Crippen molar-refractivity contribution in [1.82, 2.24) is 4.72 Å². The van der Waals surface area contributed by atoms with Crippen molar-refractivity contribution in [2.75, 3.05) is 4.90 Å². The van der Waals surface area contributed by atoms with Crippen LogP contribution in [0.4, 0.5) is 11.4 Å². The number of aliphatic hydroxyl groups is 1. The monoisotopic (exact) mass is 496 g/mol. The molecular formula is C27H29ClN2O3S. The number of hydrogen-bond acceptors (Lipinski definition) is 4. The van der Waals surface area contributed by atoms with Crippen molar-refractivity contribution >= 4 is 33.0 Å². The molecule has 1 heterocycles. The molecule has 0 spiro atoms. The molecule has 2 aliphatic rings. The highest BCUT2D eigenvalue weighted by molar-refractivity contribution is 7.89. The molecule has 1 saturated carbocycles. The largest absolute Gasteiger partial charge is 0.389 e. The average Bonchev–Trinajstić information content (AvgIpc) is 2.99. The first-order valence-electron chi connectivity index (χ1n) is 11.8. The van der Waals surface area contributed by atoms with Crippen molar-refractivity contribution < 1.29 is 13.5 Å². The molecule has 0 radical (unpaired) electrons. The lowest BCUT2D eigenvalue weighted by Gasteiger charge is -2.43. The maximum Gasteiger partial charge on any atom is 0.240 e. The highest BCUT2D eigenvalue weighted by Gasteiger charge is 2.40. The van der Waals surface area contributed by atoms with Crippen LogP contribution in [0.5, 0.6) is 0 Å². The summed E-state index contributed by atoms with van der Waals surface area (Å²) in [5.41, 5.74) is 5.47. The van der Waals surface area contributed by atoms with Gasteiger partial charge in [0.15, 0.2) is 0 Å². The first-order chi connectivity index (χ1) is 16.3. The molecule has 34 heavy (non-hydrogen) atoms. The molecule has 2 N–H and O–H groups in total. The summed E-state index contributed by atoms with van der Waals surface area (Å²) in [6.45, 7) is 1.83. The second kappa shape index (κ2) is 9.34. The summed E-state index contributed by atoms with van der Waals surface area (Å²) in [5, 5.41) is 11.9. The minimum absolute atomic E-state index is 0.114. The van der Waals surface area contributed by atoms with Crippen molar-refractivity contribution in [2.24, 2.45) is 0 Å². The van der Waals surface area contributed by atoms with Crippen LogP contribution in [0, 0.1) is 6.92 Å². The van der Waals surface area contributed by atoms with Gasteiger partial charge in [-0.3, -0.25) is 0 Å². The Bertz CT molecular complexity index is 1260. The third-order valence-electron chi connectivity index (χ3n) is 7.08. The highest BCUT2D eigenvalue weighted by Crippen LogP contribution is 2.41. The molecule has 1 aliphatic heterocycles. The first kappa shape index (κ1) is 23.4. The number of hydrogen-bond donors (Lipinski definition) is 2. The molecule has 0 saturated heterocycles. The SMILES string of the molecule is Cc1ccc(S(=O)(=O)N[C@H]2CCC[C@@H](N3c4ccccc4CCc4ccccc43)[C@@H]2O)cc1Cl. The number of nitrogens with one attached hydrogen (secondary N) is 1. The molecule has 3 aromatic carbocycles. The molecule has 7 heteroatoms. The predicted octanol–water partition coefficient (Wildman–Crippen LogP) is 5.15. The van der Waals surface area contributed by atoms with Crippen LogP contribution in [0.15, 0.2) is 71.6 Å². The van der Waals surface area contributed by atoms with Gasteiger partial charge in [0.2, 0.25) is 10.0 Å². The van der Waals surface area contributed by atoms with Crippen molar-refractivity contribution in [1.29, 1.82) is 0 Å². The van der Waals surface area contributed by atoms with Gasteiger partial charge >= 0.3 is 0 Å². The topological polar surface area (TPSA) is 69.6 Å². The van der Waals surface area contributed by atoms with Crippen molar-refractivity contribution in [3.05, 3.63) is 88.4 Å². The number of rotatable bonds is 4. The molecule has 5 nitrogen and oxygen atoms in total. The van der Waals surface area contributed by atoms with Gasteiger partial charge in [-0.05, 0) is 80.0 Å². The van der Waals surface area contributed by atoms with E-state index in [0.717, 1.165) is 42.6 Å². The third kappa shape index (κ3) is 4.36. The quantitative estimate of drug-likeness (QED) is 0.524. The lowest BCUT2D eigenvalue weighted by atomic mass is 9.86. The summed E-state index contributed by atoms with van der Waals surface area (Å²) < 4.78 is 29.1. The fourth-order valence-electron chi connectivity index (χ4n) is 5.25. The van der Waals surface area contributed by atoms with Gasteiger partial charge in [0.25, 0.3) is 0 Å². The van der Waals surface area contributed by atoms with Crippen LogP contribution in [-0.4, -0.2) is 31.7 Å². The standard InChI is InChI=1S/C27H29ClN2O3S/c1-18-13-16-21(17-22(18)28)34(32,33)29-23-9-6-12-26(27(23)31)30-24-10-4-2-7-19(24)14-15-20-8-3-5-11-25(20)30/h2-5,7-8,10-11,13,16-17,23,26-27,29,31H,6,9,12,14-15H2,1H3/t23-,26+,27+/m0/s1. The van der Waals surface area contributed by atoms with Crippen LogP contribution < -0.4 is 9.62 Å². The number of benzene rings is 3. The predicted molar refractivity (Wildman–Crippen MR) is 136 cm³/mol. The van der Waals surface area contributed by atoms with Crippen LogP contribution in [0.2, 0.25) is 5.02 Å². The Hall–Kier alpha value is -2.38. The fraction of sp³-hybridized carbons (Fsp3) is 0.333. The number of sulfonamides is 1. The Kier molecular flexibility index (Phi) is 6.42. The Morgan fingerprint density at radius 2 is 1.56 bits per heavy atom. The van der Waals surface area contributed by atoms with Gasteiger partial charge in [0.05, 0.1) is 23.1 Å². The van der Waals surface area contributed by atoms with Gasteiger partial charge in [-0.1, -0.05) is 54.1 Å². The molecule has 3 atom stereocenters. The second-order valence-corrected chi connectivity index (χ2v) is 11.4. The summed E-state index contributed by atoms with van der Waals surface area (Å²) in [5.74, 6) is 0. The lowest BCUT2D eigenvalue weighted by Crippen LogP contribution is -2.55. The van der Waals surface area contributed by atoms with E-state index < -0.39 is 22.2 Å². The van der Waals surface area contributed by atoms with Gasteiger partial charge in [-0.15, -0.1) is 0 Å². The Labute approximate surface area is 206 Å². The molecule has 3 aromatic rings. The van der Waals surface area contributed by atoms with Gasteiger partial charge < -0.3 is 10.0 Å². The molecule has 0 amide bonds. The van der Waals surface area contributed by atoms with E-state index in [9.17, 15) is 13.5 Å². The van der Waals surface area contributed by atoms with E-state index in [1.54, 1.807) is 12.1 Å². The van der Waals surface area contributed by atoms with E-state index in [4.69, 9.17) is 11.6 Å². The summed E-state index contributed by atoms with van der Waals surface area (Å²) in [6.07, 6.45) is 3.15. The molecule has 178 valence electrons. The van der Waals surface area contributed by atoms with E-state index in [1.807, 2.05) is 31.2 Å². The number of anilines is 2. The third-order valence-corrected chi connectivity index (χ3v) is 8.97. The van der Waals surface area contributed by atoms with Crippen LogP contribution in [0.25, 0.3) is 0 Å². The molecule has 1 aliphatic carbocycles. The number of halogens is 1. The van der Waals surface area contributed by atoms with Gasteiger partial charge in [0, 0.05) is 16.4 Å². The maximum absolute atomic E-state index is 13.1. The zero-order valence-corrected chi connectivity index (χ0v) is 20.7. The number of aliphatic hydroxyl groups excluding tert-OH is 1. The zero-order chi connectivity index (χ0) is 23.9. The fourth-order valence-corrected chi connectivity index (χ4v) is 6.80. The molecule has 1 fully saturated rings. The van der Waals surface area contributed by atoms with E-state index in [-0.39, 0.29) is 10.9 Å². The molecular weight excluding hydrogens is 468 g/mol. The number of para-hydroxylation sites is 2. The number of aryl methyl sites for hydroxylation is 3. The van der Waals surface area contributed by atoms with Gasteiger partial charge in [0.1, 0.15) is 0 Å². The van der Waals surface area contributed by atoms with Crippen molar-refractivity contribution in [3.63, 3.8) is 0 Å². The van der Waals surface area contributed by atoms with Crippen LogP contribution >= 0.6 is 11.6 Å². The van der Waals surface area contributed by atoms with E-state index >= 15 is 0 Å². The van der Waals surface area contributed by atoms with Crippen LogP contribution in [0.3, 0.4) is 0 Å². The summed E-state index contributed by atoms with van der Waals surface area (Å²) >= 11 is 6.18. The van der Waals surface area contributed by atoms with E-state index in [2.05, 4.69) is 33.9 Å². The molecule has 5 rings (SSSR count). The number of nitrogens with zero attached hydrogens (tertiary/aromatic N) is 1. The molecule has 0 aromatic heterocycles. The normalized spacial score (nSPS) is 22.6. The van der Waals surface area contributed by atoms with Crippen molar-refractivity contribution in [2.45, 2.75) is 62.1 Å². The van der Waals surface area contributed by atoms with Gasteiger partial charge in [-0.2, -0.15) is 0 Å². The minimum atomic E-state index is -3.83. The summed E-state index contributed by atoms with van der Waals surface area (Å²) in [4.78, 5) is 2.36. The van der Waals surface area contributed by atoms with Crippen molar-refractivity contribution in [3.8, 4) is 0 Å². The zero-order valence-electron chi connectivity index (χ0n) is 19.1. The lowest BCUT2D eigenvalue weighted by molar-refractivity contribution is 0.0812. The summed E-state index contributed by atoms with van der Waals surface area (Å²) in [6, 6.07) is 20.5. The molecule has 0 unspecified atom stereocenters. The Morgan fingerprint density at radius 3 is 2.18 bits per heavy atom. The Balaban J connectivity index is 1.48. The first-order valence-corrected chi connectivity index (χ1v) is 13.6. The van der Waals surface area contributed by atoms with E-state index in [0.29, 0.717) is 11.4 Å². The Morgan fingerprint density at radius 1 is 0.941 bits per heavy atom. The average molecular weight is 497 g/mol. The smallest absolute Gasteiger partial charge is 0.240 e. The van der Waals surface area contributed by atoms with Crippen LogP contribution in [0.1, 0.15) is 36.0 Å². The van der Waals surface area contributed by atoms with Crippen LogP contribution in [-0.2, 0) is 22.9 Å². The minimum Gasteiger partial charge on any atom is -0.389 e. The highest BCUT2D eigenvalue weighted by atomic mass is 35.5. The number of fused-ring (bicyclic) bond motifs is 2. The van der Waals surface area contributed by atoms with E-state index in [1.165, 1.54) is 17.2 Å². The maximum atomic E-state index is 13.1.